The van der Waals surface area contributed by atoms with Crippen LogP contribution in [0.15, 0.2) is 34.9 Å². The molecule has 94 valence electrons. The Labute approximate surface area is 110 Å². The summed E-state index contributed by atoms with van der Waals surface area (Å²) in [7, 11) is 0. The van der Waals surface area contributed by atoms with Crippen molar-refractivity contribution in [2.75, 3.05) is 6.61 Å². The van der Waals surface area contributed by atoms with Crippen LogP contribution in [0.25, 0.3) is 6.08 Å². The Hall–Kier alpha value is -1.46. The Morgan fingerprint density at radius 3 is 3.17 bits per heavy atom. The molecule has 1 unspecified atom stereocenters. The number of fused-ring (bicyclic) bond motifs is 1. The third-order valence-corrected chi connectivity index (χ3v) is 3.87. The van der Waals surface area contributed by atoms with Crippen LogP contribution in [-0.2, 0) is 9.53 Å². The molecule has 5 heteroatoms. The number of carbonyl (C=O) groups is 1. The third-order valence-electron chi connectivity index (χ3n) is 2.96. The molecule has 1 amide bonds. The van der Waals surface area contributed by atoms with Crippen LogP contribution >= 0.6 is 11.9 Å². The molecule has 0 bridgehead atoms. The molecule has 0 aliphatic carbocycles. The lowest BCUT2D eigenvalue weighted by atomic mass is 10.2. The Kier molecular flexibility index (Phi) is 3.25. The van der Waals surface area contributed by atoms with Crippen LogP contribution in [-0.4, -0.2) is 18.7 Å². The quantitative estimate of drug-likeness (QED) is 0.799. The van der Waals surface area contributed by atoms with Crippen LogP contribution in [0.4, 0.5) is 0 Å². The second-order valence-corrected chi connectivity index (χ2v) is 5.12. The zero-order valence-electron chi connectivity index (χ0n) is 9.81. The van der Waals surface area contributed by atoms with E-state index in [2.05, 4.69) is 10.0 Å². The minimum absolute atomic E-state index is 0.107. The number of hydrogen-bond acceptors (Lipinski definition) is 4. The number of rotatable bonds is 2. The van der Waals surface area contributed by atoms with Gasteiger partial charge in [0.25, 0.3) is 5.91 Å². The standard InChI is InChI=1S/C13H14N2O2S/c16-13(14-12-6-3-7-17-12)10-8-9-4-1-2-5-11(9)18-15-10/h1-2,4-5,8,12,15H,3,6-7H2,(H,14,16). The summed E-state index contributed by atoms with van der Waals surface area (Å²) in [5.41, 5.74) is 1.65. The van der Waals surface area contributed by atoms with Gasteiger partial charge < -0.3 is 14.8 Å². The highest BCUT2D eigenvalue weighted by atomic mass is 32.2. The van der Waals surface area contributed by atoms with Gasteiger partial charge in [-0.15, -0.1) is 0 Å². The summed E-state index contributed by atoms with van der Waals surface area (Å²) < 4.78 is 8.45. The normalized spacial score (nSPS) is 21.8. The van der Waals surface area contributed by atoms with Crippen molar-refractivity contribution < 1.29 is 9.53 Å². The lowest BCUT2D eigenvalue weighted by Gasteiger charge is -2.19. The van der Waals surface area contributed by atoms with Crippen molar-refractivity contribution in [1.29, 1.82) is 0 Å². The lowest BCUT2D eigenvalue weighted by molar-refractivity contribution is -0.120. The monoisotopic (exact) mass is 262 g/mol. The second kappa shape index (κ2) is 5.04. The molecule has 1 fully saturated rings. The molecular formula is C13H14N2O2S. The molecule has 0 aromatic heterocycles. The molecule has 2 aliphatic rings. The van der Waals surface area contributed by atoms with E-state index in [1.54, 1.807) is 0 Å². The van der Waals surface area contributed by atoms with E-state index in [4.69, 9.17) is 4.74 Å². The Morgan fingerprint density at radius 1 is 1.44 bits per heavy atom. The predicted octanol–water partition coefficient (Wildman–Crippen LogP) is 1.89. The van der Waals surface area contributed by atoms with Crippen molar-refractivity contribution in [3.8, 4) is 0 Å². The summed E-state index contributed by atoms with van der Waals surface area (Å²) in [5, 5.41) is 2.87. The molecule has 4 nitrogen and oxygen atoms in total. The number of benzene rings is 1. The molecule has 0 radical (unpaired) electrons. The van der Waals surface area contributed by atoms with Crippen molar-refractivity contribution in [3.63, 3.8) is 0 Å². The Morgan fingerprint density at radius 2 is 2.33 bits per heavy atom. The maximum absolute atomic E-state index is 12.0. The van der Waals surface area contributed by atoms with E-state index < -0.39 is 0 Å². The number of carbonyl (C=O) groups excluding carboxylic acids is 1. The zero-order chi connectivity index (χ0) is 12.4. The van der Waals surface area contributed by atoms with Crippen molar-refractivity contribution in [3.05, 3.63) is 35.5 Å². The fraction of sp³-hybridized carbons (Fsp3) is 0.308. The highest BCUT2D eigenvalue weighted by Crippen LogP contribution is 2.27. The van der Waals surface area contributed by atoms with Gasteiger partial charge in [-0.05, 0) is 42.5 Å². The molecule has 1 atom stereocenters. The predicted molar refractivity (Wildman–Crippen MR) is 70.5 cm³/mol. The van der Waals surface area contributed by atoms with Gasteiger partial charge in [-0.1, -0.05) is 18.2 Å². The number of ether oxygens (including phenoxy) is 1. The fourth-order valence-electron chi connectivity index (χ4n) is 2.01. The van der Waals surface area contributed by atoms with E-state index in [9.17, 15) is 4.79 Å². The fourth-order valence-corrected chi connectivity index (χ4v) is 2.78. The topological polar surface area (TPSA) is 50.4 Å². The lowest BCUT2D eigenvalue weighted by Crippen LogP contribution is -2.37. The average molecular weight is 262 g/mol. The molecule has 2 aliphatic heterocycles. The SMILES string of the molecule is O=C(NC1CCCO1)C1=Cc2ccccc2SN1. The van der Waals surface area contributed by atoms with Gasteiger partial charge in [-0.25, -0.2) is 0 Å². The van der Waals surface area contributed by atoms with Crippen LogP contribution in [0.2, 0.25) is 0 Å². The van der Waals surface area contributed by atoms with E-state index in [0.717, 1.165) is 29.9 Å². The van der Waals surface area contributed by atoms with Crippen LogP contribution in [0, 0.1) is 0 Å². The van der Waals surface area contributed by atoms with Gasteiger partial charge >= 0.3 is 0 Å². The first-order valence-electron chi connectivity index (χ1n) is 5.99. The average Bonchev–Trinajstić information content (AvgIpc) is 2.91. The largest absolute Gasteiger partial charge is 0.359 e. The molecule has 0 spiro atoms. The van der Waals surface area contributed by atoms with Gasteiger partial charge in [0.2, 0.25) is 0 Å². The molecule has 18 heavy (non-hydrogen) atoms. The van der Waals surface area contributed by atoms with Crippen LogP contribution in [0.5, 0.6) is 0 Å². The van der Waals surface area contributed by atoms with E-state index in [0.29, 0.717) is 5.70 Å². The second-order valence-electron chi connectivity index (χ2n) is 4.28. The zero-order valence-corrected chi connectivity index (χ0v) is 10.6. The Balaban J connectivity index is 1.73. The summed E-state index contributed by atoms with van der Waals surface area (Å²) in [6.07, 6.45) is 3.64. The molecule has 1 aromatic carbocycles. The maximum Gasteiger partial charge on any atom is 0.270 e. The first kappa shape index (κ1) is 11.6. The first-order chi connectivity index (χ1) is 8.83. The van der Waals surface area contributed by atoms with Crippen molar-refractivity contribution in [2.45, 2.75) is 24.0 Å². The molecule has 0 saturated carbocycles. The maximum atomic E-state index is 12.0. The number of nitrogens with one attached hydrogen (secondary N) is 2. The van der Waals surface area contributed by atoms with Crippen LogP contribution in [0.1, 0.15) is 18.4 Å². The summed E-state index contributed by atoms with van der Waals surface area (Å²) in [4.78, 5) is 13.2. The first-order valence-corrected chi connectivity index (χ1v) is 6.80. The highest BCUT2D eigenvalue weighted by molar-refractivity contribution is 7.97. The van der Waals surface area contributed by atoms with E-state index in [1.807, 2.05) is 30.3 Å². The minimum Gasteiger partial charge on any atom is -0.359 e. The number of hydrogen-bond donors (Lipinski definition) is 2. The van der Waals surface area contributed by atoms with E-state index >= 15 is 0 Å². The summed E-state index contributed by atoms with van der Waals surface area (Å²) in [5.74, 6) is -0.107. The Bertz CT molecular complexity index is 496. The molecule has 3 rings (SSSR count). The van der Waals surface area contributed by atoms with Gasteiger partial charge in [-0.2, -0.15) is 0 Å². The molecular weight excluding hydrogens is 248 g/mol. The smallest absolute Gasteiger partial charge is 0.270 e. The summed E-state index contributed by atoms with van der Waals surface area (Å²) >= 11 is 1.46. The third kappa shape index (κ3) is 2.37. The summed E-state index contributed by atoms with van der Waals surface area (Å²) in [6.45, 7) is 0.731. The molecule has 1 aromatic rings. The van der Waals surface area contributed by atoms with E-state index in [-0.39, 0.29) is 12.1 Å². The minimum atomic E-state index is -0.137. The van der Waals surface area contributed by atoms with Crippen LogP contribution < -0.4 is 10.0 Å². The van der Waals surface area contributed by atoms with Crippen molar-refractivity contribution >= 4 is 23.9 Å². The molecule has 2 heterocycles. The van der Waals surface area contributed by atoms with E-state index in [1.165, 1.54) is 11.9 Å². The van der Waals surface area contributed by atoms with Gasteiger partial charge in [0, 0.05) is 11.5 Å². The highest BCUT2D eigenvalue weighted by Gasteiger charge is 2.21. The molecule has 1 saturated heterocycles. The van der Waals surface area contributed by atoms with Gasteiger partial charge in [0.15, 0.2) is 0 Å². The summed E-state index contributed by atoms with van der Waals surface area (Å²) in [6, 6.07) is 7.98. The van der Waals surface area contributed by atoms with Gasteiger partial charge in [0.05, 0.1) is 0 Å². The number of amides is 1. The van der Waals surface area contributed by atoms with Crippen LogP contribution in [0.3, 0.4) is 0 Å². The van der Waals surface area contributed by atoms with Gasteiger partial charge in [0.1, 0.15) is 11.9 Å². The van der Waals surface area contributed by atoms with Crippen molar-refractivity contribution in [2.24, 2.45) is 0 Å². The molecule has 2 N–H and O–H groups in total. The van der Waals surface area contributed by atoms with Crippen molar-refractivity contribution in [1.82, 2.24) is 10.0 Å². The van der Waals surface area contributed by atoms with Gasteiger partial charge in [-0.3, -0.25) is 4.79 Å².